The van der Waals surface area contributed by atoms with Crippen molar-refractivity contribution in [3.63, 3.8) is 0 Å². The highest BCUT2D eigenvalue weighted by Gasteiger charge is 2.06. The topological polar surface area (TPSA) is 0 Å². The van der Waals surface area contributed by atoms with E-state index in [1.807, 2.05) is 26.0 Å². The fourth-order valence-electron chi connectivity index (χ4n) is 0.928. The van der Waals surface area contributed by atoms with Gasteiger partial charge in [0.05, 0.1) is 0 Å². The number of allylic oxidation sites excluding steroid dienone is 2. The van der Waals surface area contributed by atoms with Crippen molar-refractivity contribution in [2.75, 3.05) is 0 Å². The maximum Gasteiger partial charge on any atom is -0.0179 e. The average molecular weight is 154 g/mol. The molecule has 0 spiro atoms. The van der Waals surface area contributed by atoms with Crippen molar-refractivity contribution in [2.24, 2.45) is 11.8 Å². The number of hydrogen-bond acceptors (Lipinski definition) is 0. The van der Waals surface area contributed by atoms with Crippen LogP contribution in [0.2, 0.25) is 0 Å². The summed E-state index contributed by atoms with van der Waals surface area (Å²) in [5.74, 6) is 1.19. The van der Waals surface area contributed by atoms with Crippen LogP contribution in [0.1, 0.15) is 34.1 Å². The van der Waals surface area contributed by atoms with E-state index >= 15 is 0 Å². The van der Waals surface area contributed by atoms with E-state index in [1.165, 1.54) is 0 Å². The van der Waals surface area contributed by atoms with Gasteiger partial charge in [-0.2, -0.15) is 0 Å². The Morgan fingerprint density at radius 1 is 1.18 bits per heavy atom. The van der Waals surface area contributed by atoms with Crippen molar-refractivity contribution in [3.05, 3.63) is 25.3 Å². The summed E-state index contributed by atoms with van der Waals surface area (Å²) in [4.78, 5) is 0. The molecule has 0 saturated heterocycles. The Bertz CT molecular complexity index is 92.2. The molecule has 0 saturated carbocycles. The highest BCUT2D eigenvalue weighted by Crippen LogP contribution is 2.16. The molecule has 0 fully saturated rings. The first-order valence-corrected chi connectivity index (χ1v) is 4.51. The van der Waals surface area contributed by atoms with Crippen LogP contribution in [0.4, 0.5) is 0 Å². The second kappa shape index (κ2) is 9.48. The Balaban J connectivity index is 0. The van der Waals surface area contributed by atoms with Gasteiger partial charge in [-0.1, -0.05) is 39.8 Å². The first-order valence-electron chi connectivity index (χ1n) is 4.51. The van der Waals surface area contributed by atoms with E-state index < -0.39 is 0 Å². The molecule has 0 nitrogen and oxygen atoms in total. The highest BCUT2D eigenvalue weighted by atomic mass is 14.1. The minimum absolute atomic E-state index is 0.576. The van der Waals surface area contributed by atoms with Crippen LogP contribution in [-0.2, 0) is 0 Å². The molecule has 2 atom stereocenters. The second-order valence-electron chi connectivity index (χ2n) is 2.40. The Morgan fingerprint density at radius 2 is 1.64 bits per heavy atom. The van der Waals surface area contributed by atoms with Gasteiger partial charge < -0.3 is 0 Å². The molecule has 0 aromatic carbocycles. The van der Waals surface area contributed by atoms with Gasteiger partial charge in [0, 0.05) is 0 Å². The van der Waals surface area contributed by atoms with Crippen molar-refractivity contribution in [3.8, 4) is 0 Å². The van der Waals surface area contributed by atoms with E-state index in [0.29, 0.717) is 11.8 Å². The quantitative estimate of drug-likeness (QED) is 0.536. The zero-order chi connectivity index (χ0) is 9.28. The normalized spacial score (nSPS) is 13.8. The van der Waals surface area contributed by atoms with Gasteiger partial charge >= 0.3 is 0 Å². The number of hydrogen-bond donors (Lipinski definition) is 0. The van der Waals surface area contributed by atoms with E-state index in [4.69, 9.17) is 0 Å². The van der Waals surface area contributed by atoms with Crippen molar-refractivity contribution >= 4 is 0 Å². The molecule has 0 bridgehead atoms. The SMILES string of the molecule is C=CC(CC)[C@@H](C)C=C.CC. The lowest BCUT2D eigenvalue weighted by atomic mass is 9.92. The lowest BCUT2D eigenvalue weighted by Gasteiger charge is -2.13. The van der Waals surface area contributed by atoms with Crippen molar-refractivity contribution in [1.82, 2.24) is 0 Å². The molecular formula is C11H22. The summed E-state index contributed by atoms with van der Waals surface area (Å²) in [5.41, 5.74) is 0. The molecule has 0 aliphatic heterocycles. The lowest BCUT2D eigenvalue weighted by Crippen LogP contribution is -2.03. The highest BCUT2D eigenvalue weighted by molar-refractivity contribution is 4.89. The maximum absolute atomic E-state index is 3.75. The van der Waals surface area contributed by atoms with Crippen LogP contribution in [0.3, 0.4) is 0 Å². The molecular weight excluding hydrogens is 132 g/mol. The van der Waals surface area contributed by atoms with Gasteiger partial charge in [-0.3, -0.25) is 0 Å². The monoisotopic (exact) mass is 154 g/mol. The molecule has 66 valence electrons. The summed E-state index contributed by atoms with van der Waals surface area (Å²) in [5, 5.41) is 0. The molecule has 0 aliphatic carbocycles. The zero-order valence-electron chi connectivity index (χ0n) is 8.43. The summed E-state index contributed by atoms with van der Waals surface area (Å²) in [6.45, 7) is 15.8. The largest absolute Gasteiger partial charge is 0.103 e. The van der Waals surface area contributed by atoms with Gasteiger partial charge in [0.25, 0.3) is 0 Å². The van der Waals surface area contributed by atoms with Crippen LogP contribution >= 0.6 is 0 Å². The fourth-order valence-corrected chi connectivity index (χ4v) is 0.928. The molecule has 11 heavy (non-hydrogen) atoms. The van der Waals surface area contributed by atoms with Crippen LogP contribution in [0.5, 0.6) is 0 Å². The number of rotatable bonds is 4. The minimum atomic E-state index is 0.576. The summed E-state index contributed by atoms with van der Waals surface area (Å²) < 4.78 is 0. The fraction of sp³-hybridized carbons (Fsp3) is 0.636. The Morgan fingerprint density at radius 3 is 1.73 bits per heavy atom. The summed E-state index contributed by atoms with van der Waals surface area (Å²) in [7, 11) is 0. The van der Waals surface area contributed by atoms with E-state index in [-0.39, 0.29) is 0 Å². The zero-order valence-corrected chi connectivity index (χ0v) is 8.43. The third-order valence-electron chi connectivity index (χ3n) is 1.82. The molecule has 0 radical (unpaired) electrons. The van der Waals surface area contributed by atoms with Gasteiger partial charge in [-0.15, -0.1) is 13.2 Å². The predicted octanol–water partition coefficient (Wildman–Crippen LogP) is 4.05. The third-order valence-corrected chi connectivity index (χ3v) is 1.82. The second-order valence-corrected chi connectivity index (χ2v) is 2.40. The molecule has 0 aliphatic rings. The molecule has 0 heteroatoms. The van der Waals surface area contributed by atoms with Gasteiger partial charge in [-0.25, -0.2) is 0 Å². The molecule has 0 heterocycles. The van der Waals surface area contributed by atoms with Crippen LogP contribution in [0, 0.1) is 11.8 Å². The van der Waals surface area contributed by atoms with E-state index in [9.17, 15) is 0 Å². The molecule has 1 unspecified atom stereocenters. The van der Waals surface area contributed by atoms with Crippen molar-refractivity contribution in [2.45, 2.75) is 34.1 Å². The molecule has 0 rings (SSSR count). The van der Waals surface area contributed by atoms with Crippen LogP contribution in [0.15, 0.2) is 25.3 Å². The predicted molar refractivity (Wildman–Crippen MR) is 54.7 cm³/mol. The van der Waals surface area contributed by atoms with Crippen molar-refractivity contribution in [1.29, 1.82) is 0 Å². The standard InChI is InChI=1S/C9H16.C2H6/c1-5-8(4)9(6-2)7-3;1-2/h5-6,8-9H,1-2,7H2,3-4H3;1-2H3/t8-,9?;/m0./s1. The summed E-state index contributed by atoms with van der Waals surface area (Å²) >= 11 is 0. The van der Waals surface area contributed by atoms with Gasteiger partial charge in [0.15, 0.2) is 0 Å². The van der Waals surface area contributed by atoms with Gasteiger partial charge in [0.1, 0.15) is 0 Å². The summed E-state index contributed by atoms with van der Waals surface area (Å²) in [6, 6.07) is 0. The summed E-state index contributed by atoms with van der Waals surface area (Å²) in [6.07, 6.45) is 5.15. The molecule has 0 amide bonds. The minimum Gasteiger partial charge on any atom is -0.103 e. The average Bonchev–Trinajstić information content (AvgIpc) is 2.10. The molecule has 0 aromatic rings. The molecule has 0 aromatic heterocycles. The van der Waals surface area contributed by atoms with E-state index in [0.717, 1.165) is 6.42 Å². The Labute approximate surface area is 72.0 Å². The van der Waals surface area contributed by atoms with Crippen LogP contribution < -0.4 is 0 Å². The first-order chi connectivity index (χ1) is 5.26. The first kappa shape index (κ1) is 13.1. The van der Waals surface area contributed by atoms with Gasteiger partial charge in [0.2, 0.25) is 0 Å². The molecule has 0 N–H and O–H groups in total. The Hall–Kier alpha value is -0.520. The van der Waals surface area contributed by atoms with Crippen LogP contribution in [0.25, 0.3) is 0 Å². The van der Waals surface area contributed by atoms with Gasteiger partial charge in [-0.05, 0) is 18.3 Å². The van der Waals surface area contributed by atoms with Crippen LogP contribution in [-0.4, -0.2) is 0 Å². The lowest BCUT2D eigenvalue weighted by molar-refractivity contribution is 0.499. The third kappa shape index (κ3) is 5.90. The maximum atomic E-state index is 3.75. The Kier molecular flexibility index (Phi) is 11.3. The van der Waals surface area contributed by atoms with Crippen molar-refractivity contribution < 1.29 is 0 Å². The van der Waals surface area contributed by atoms with E-state index in [2.05, 4.69) is 27.0 Å². The smallest absolute Gasteiger partial charge is 0.0179 e. The van der Waals surface area contributed by atoms with E-state index in [1.54, 1.807) is 0 Å².